The number of nitrogens with zero attached hydrogens (tertiary/aromatic N) is 2. The highest BCUT2D eigenvalue weighted by Crippen LogP contribution is 2.45. The van der Waals surface area contributed by atoms with Crippen LogP contribution < -0.4 is 10.6 Å². The number of aromatic amines is 2. The van der Waals surface area contributed by atoms with Crippen molar-refractivity contribution in [2.75, 3.05) is 0 Å². The molecule has 184 valence electrons. The molecule has 2 aromatic heterocycles. The van der Waals surface area contributed by atoms with Crippen LogP contribution in [0.1, 0.15) is 49.4 Å². The van der Waals surface area contributed by atoms with Gasteiger partial charge in [-0.05, 0) is 59.5 Å². The molecule has 6 nitrogen and oxygen atoms in total. The van der Waals surface area contributed by atoms with Crippen molar-refractivity contribution in [3.63, 3.8) is 0 Å². The van der Waals surface area contributed by atoms with Crippen LogP contribution in [0.3, 0.4) is 0 Å². The number of imidazole rings is 2. The Morgan fingerprint density at radius 3 is 2.62 bits per heavy atom. The molecular formula is C30H28FN6+. The van der Waals surface area contributed by atoms with Gasteiger partial charge in [0.25, 0.3) is 0 Å². The van der Waals surface area contributed by atoms with Crippen molar-refractivity contribution < 1.29 is 9.71 Å². The minimum atomic E-state index is -0.242. The van der Waals surface area contributed by atoms with Crippen LogP contribution in [0.4, 0.5) is 4.39 Å². The molecule has 0 radical (unpaired) electrons. The van der Waals surface area contributed by atoms with E-state index in [1.54, 1.807) is 12.3 Å². The Hall–Kier alpha value is -3.55. The van der Waals surface area contributed by atoms with Gasteiger partial charge in [0.05, 0.1) is 35.0 Å². The number of piperidine rings is 2. The van der Waals surface area contributed by atoms with Gasteiger partial charge in [-0.3, -0.25) is 0 Å². The summed E-state index contributed by atoms with van der Waals surface area (Å²) >= 11 is 0. The maximum Gasteiger partial charge on any atom is 0.165 e. The topological polar surface area (TPSA) is 86.0 Å². The molecule has 4 fully saturated rings. The first-order valence-electron chi connectivity index (χ1n) is 13.5. The van der Waals surface area contributed by atoms with E-state index in [0.717, 1.165) is 74.6 Å². The first-order chi connectivity index (χ1) is 18.2. The van der Waals surface area contributed by atoms with Crippen molar-refractivity contribution in [1.82, 2.24) is 25.3 Å². The summed E-state index contributed by atoms with van der Waals surface area (Å²) in [5.74, 6) is 3.44. The Morgan fingerprint density at radius 1 is 0.865 bits per heavy atom. The van der Waals surface area contributed by atoms with Gasteiger partial charge in [-0.25, -0.2) is 14.4 Å². The average Bonchev–Trinajstić information content (AvgIpc) is 3.50. The number of hydrogen-bond acceptors (Lipinski definition) is 3. The van der Waals surface area contributed by atoms with E-state index in [4.69, 9.17) is 4.98 Å². The number of nitrogens with one attached hydrogen (secondary N) is 3. The summed E-state index contributed by atoms with van der Waals surface area (Å²) < 4.78 is 15.3. The molecule has 0 bridgehead atoms. The van der Waals surface area contributed by atoms with Crippen LogP contribution in [-0.2, 0) is 0 Å². The fourth-order valence-electron chi connectivity index (χ4n) is 6.96. The number of halogens is 1. The molecule has 0 amide bonds. The molecule has 6 unspecified atom stereocenters. The quantitative estimate of drug-likeness (QED) is 0.293. The van der Waals surface area contributed by atoms with E-state index >= 15 is 4.39 Å². The van der Waals surface area contributed by atoms with Gasteiger partial charge >= 0.3 is 0 Å². The Kier molecular flexibility index (Phi) is 4.03. The number of benzene rings is 3. The number of rotatable bonds is 4. The Balaban J connectivity index is 1.02. The summed E-state index contributed by atoms with van der Waals surface area (Å²) in [5, 5.41) is 8.34. The highest BCUT2D eigenvalue weighted by molar-refractivity contribution is 6.05. The van der Waals surface area contributed by atoms with E-state index < -0.39 is 0 Å². The SMILES string of the molecule is Fc1cc(-c2ccc3c(ccc4[nH]c(C5CC6CC6[NH2+]5)nc43)c2)ccc1-c1cnc(C2CC3CC3N2)[nH]1. The summed E-state index contributed by atoms with van der Waals surface area (Å²) in [6.45, 7) is 0. The van der Waals surface area contributed by atoms with Crippen molar-refractivity contribution in [1.29, 1.82) is 0 Å². The van der Waals surface area contributed by atoms with Gasteiger partial charge in [0.1, 0.15) is 17.7 Å². The molecule has 2 aliphatic carbocycles. The van der Waals surface area contributed by atoms with Crippen molar-refractivity contribution >= 4 is 21.8 Å². The normalized spacial score (nSPS) is 29.6. The lowest BCUT2D eigenvalue weighted by Gasteiger charge is -2.10. The standard InChI is InChI=1S/C30H27FN6/c31-21-8-15(2-5-20(21)27-13-32-29(36-27)25-11-17-9-23(17)33-25)14-1-4-19-16(7-14)3-6-22-28(19)37-30(35-22)26-12-18-10-24(18)34-26/h1-8,13,17-18,23-26,33-34H,9-12H2,(H,32,36)(H,35,37)/p+1. The maximum absolute atomic E-state index is 15.3. The molecule has 37 heavy (non-hydrogen) atoms. The summed E-state index contributed by atoms with van der Waals surface area (Å²) in [4.78, 5) is 16.5. The molecule has 4 heterocycles. The predicted octanol–water partition coefficient (Wildman–Crippen LogP) is 4.73. The van der Waals surface area contributed by atoms with E-state index in [9.17, 15) is 0 Å². The third kappa shape index (κ3) is 3.23. The summed E-state index contributed by atoms with van der Waals surface area (Å²) in [7, 11) is 0. The summed E-state index contributed by atoms with van der Waals surface area (Å²) in [6.07, 6.45) is 6.75. The fourth-order valence-corrected chi connectivity index (χ4v) is 6.96. The van der Waals surface area contributed by atoms with Crippen LogP contribution in [-0.4, -0.2) is 32.0 Å². The molecule has 5 N–H and O–H groups in total. The fraction of sp³-hybridized carbons (Fsp3) is 0.333. The lowest BCUT2D eigenvalue weighted by molar-refractivity contribution is -0.696. The van der Waals surface area contributed by atoms with Gasteiger partial charge in [0.15, 0.2) is 5.82 Å². The van der Waals surface area contributed by atoms with Gasteiger partial charge in [0.2, 0.25) is 0 Å². The van der Waals surface area contributed by atoms with E-state index in [2.05, 4.69) is 55.9 Å². The van der Waals surface area contributed by atoms with Crippen molar-refractivity contribution in [2.45, 2.75) is 49.9 Å². The number of aromatic nitrogens is 4. The zero-order valence-electron chi connectivity index (χ0n) is 20.3. The third-order valence-electron chi connectivity index (χ3n) is 9.25. The first kappa shape index (κ1) is 20.5. The Bertz CT molecular complexity index is 1700. The highest BCUT2D eigenvalue weighted by Gasteiger charge is 2.51. The van der Waals surface area contributed by atoms with Crippen LogP contribution in [0.15, 0.2) is 54.7 Å². The number of fused-ring (bicyclic) bond motifs is 5. The number of hydrogen-bond donors (Lipinski definition) is 4. The van der Waals surface area contributed by atoms with Gasteiger partial charge in [-0.1, -0.05) is 24.3 Å². The zero-order valence-corrected chi connectivity index (χ0v) is 20.3. The van der Waals surface area contributed by atoms with Crippen LogP contribution in [0.2, 0.25) is 0 Å². The van der Waals surface area contributed by atoms with E-state index in [1.165, 1.54) is 19.3 Å². The summed E-state index contributed by atoms with van der Waals surface area (Å²) in [6, 6.07) is 18.3. The van der Waals surface area contributed by atoms with Crippen LogP contribution >= 0.6 is 0 Å². The van der Waals surface area contributed by atoms with E-state index in [1.807, 2.05) is 12.1 Å². The molecule has 2 saturated heterocycles. The first-order valence-corrected chi connectivity index (χ1v) is 13.5. The minimum absolute atomic E-state index is 0.242. The van der Waals surface area contributed by atoms with Crippen molar-refractivity contribution in [3.8, 4) is 22.4 Å². The van der Waals surface area contributed by atoms with Crippen LogP contribution in [0.25, 0.3) is 44.2 Å². The zero-order chi connectivity index (χ0) is 24.2. The monoisotopic (exact) mass is 491 g/mol. The van der Waals surface area contributed by atoms with E-state index in [0.29, 0.717) is 17.6 Å². The molecule has 2 aliphatic heterocycles. The number of quaternary nitrogens is 1. The second-order valence-electron chi connectivity index (χ2n) is 11.6. The number of nitrogens with two attached hydrogens (primary N) is 1. The largest absolute Gasteiger partial charge is 0.341 e. The Labute approximate surface area is 213 Å². The molecule has 0 spiro atoms. The second kappa shape index (κ2) is 7.27. The minimum Gasteiger partial charge on any atom is -0.341 e. The number of H-pyrrole nitrogens is 2. The van der Waals surface area contributed by atoms with E-state index in [-0.39, 0.29) is 11.9 Å². The molecule has 7 heteroatoms. The highest BCUT2D eigenvalue weighted by atomic mass is 19.1. The molecule has 2 saturated carbocycles. The lowest BCUT2D eigenvalue weighted by Crippen LogP contribution is -2.84. The molecule has 9 rings (SSSR count). The second-order valence-corrected chi connectivity index (χ2v) is 11.6. The molecule has 6 atom stereocenters. The molecular weight excluding hydrogens is 463 g/mol. The van der Waals surface area contributed by atoms with Crippen LogP contribution in [0.5, 0.6) is 0 Å². The summed E-state index contributed by atoms with van der Waals surface area (Å²) in [5.41, 5.74) is 5.26. The van der Waals surface area contributed by atoms with Gasteiger partial charge < -0.3 is 20.6 Å². The molecule has 3 aromatic carbocycles. The smallest absolute Gasteiger partial charge is 0.165 e. The average molecular weight is 492 g/mol. The van der Waals surface area contributed by atoms with Crippen molar-refractivity contribution in [2.24, 2.45) is 11.8 Å². The lowest BCUT2D eigenvalue weighted by atomic mass is 9.99. The van der Waals surface area contributed by atoms with Crippen LogP contribution in [0, 0.1) is 17.7 Å². The Morgan fingerprint density at radius 2 is 1.78 bits per heavy atom. The molecule has 4 aliphatic rings. The predicted molar refractivity (Wildman–Crippen MR) is 140 cm³/mol. The molecule has 5 aromatic rings. The van der Waals surface area contributed by atoms with Gasteiger partial charge in [0, 0.05) is 35.8 Å². The van der Waals surface area contributed by atoms with Gasteiger partial charge in [-0.15, -0.1) is 0 Å². The van der Waals surface area contributed by atoms with Crippen molar-refractivity contribution in [3.05, 3.63) is 72.2 Å². The maximum atomic E-state index is 15.3. The van der Waals surface area contributed by atoms with Gasteiger partial charge in [-0.2, -0.15) is 0 Å². The third-order valence-corrected chi connectivity index (χ3v) is 9.25.